The van der Waals surface area contributed by atoms with Crippen LogP contribution in [0.15, 0.2) is 48.5 Å². The lowest BCUT2D eigenvalue weighted by atomic mass is 10.1. The van der Waals surface area contributed by atoms with Crippen LogP contribution < -0.4 is 14.8 Å². The molecule has 0 atom stereocenters. The highest BCUT2D eigenvalue weighted by Crippen LogP contribution is 2.30. The van der Waals surface area contributed by atoms with Crippen molar-refractivity contribution in [1.82, 2.24) is 14.8 Å². The molecule has 0 spiro atoms. The van der Waals surface area contributed by atoms with Crippen molar-refractivity contribution in [3.63, 3.8) is 0 Å². The van der Waals surface area contributed by atoms with Gasteiger partial charge in [0.25, 0.3) is 0 Å². The first kappa shape index (κ1) is 18.9. The summed E-state index contributed by atoms with van der Waals surface area (Å²) in [5.74, 6) is 1.95. The van der Waals surface area contributed by atoms with Gasteiger partial charge in [0.15, 0.2) is 0 Å². The van der Waals surface area contributed by atoms with Crippen molar-refractivity contribution in [1.29, 1.82) is 0 Å². The van der Waals surface area contributed by atoms with Gasteiger partial charge in [-0.3, -0.25) is 4.79 Å². The lowest BCUT2D eigenvalue weighted by molar-refractivity contribution is -0.115. The van der Waals surface area contributed by atoms with E-state index in [0.717, 1.165) is 33.0 Å². The quantitative estimate of drug-likeness (QED) is 0.522. The number of carbonyl (C=O) groups excluding carboxylic acids is 1. The monoisotopic (exact) mass is 408 g/mol. The fraction of sp³-hybridized carbons (Fsp3) is 0.190. The maximum absolute atomic E-state index is 12.6. The topological polar surface area (TPSA) is 78.3 Å². The van der Waals surface area contributed by atoms with Crippen LogP contribution in [-0.4, -0.2) is 34.9 Å². The molecule has 29 heavy (non-hydrogen) atoms. The largest absolute Gasteiger partial charge is 0.497 e. The molecule has 4 rings (SSSR count). The Morgan fingerprint density at radius 2 is 1.90 bits per heavy atom. The van der Waals surface area contributed by atoms with E-state index in [1.165, 1.54) is 11.3 Å². The molecule has 0 bridgehead atoms. The summed E-state index contributed by atoms with van der Waals surface area (Å²) in [7, 11) is 3.24. The molecule has 148 valence electrons. The molecule has 2 aromatic carbocycles. The Morgan fingerprint density at radius 1 is 1.10 bits per heavy atom. The van der Waals surface area contributed by atoms with Crippen molar-refractivity contribution < 1.29 is 14.3 Å². The van der Waals surface area contributed by atoms with E-state index in [0.29, 0.717) is 10.9 Å². The van der Waals surface area contributed by atoms with Crippen molar-refractivity contribution in [3.8, 4) is 16.6 Å². The summed E-state index contributed by atoms with van der Waals surface area (Å²) in [6.45, 7) is 1.88. The molecule has 7 nitrogen and oxygen atoms in total. The van der Waals surface area contributed by atoms with Crippen molar-refractivity contribution in [2.45, 2.75) is 13.3 Å². The molecule has 8 heteroatoms. The first-order valence-electron chi connectivity index (χ1n) is 9.00. The number of ether oxygens (including phenoxy) is 2. The number of nitrogens with zero attached hydrogens (tertiary/aromatic N) is 3. The Bertz CT molecular complexity index is 1180. The maximum atomic E-state index is 12.6. The molecule has 1 N–H and O–H groups in total. The van der Waals surface area contributed by atoms with Crippen LogP contribution >= 0.6 is 11.3 Å². The van der Waals surface area contributed by atoms with E-state index in [4.69, 9.17) is 9.47 Å². The molecule has 4 aromatic rings. The summed E-state index contributed by atoms with van der Waals surface area (Å²) in [6.07, 6.45) is 0.235. The smallest absolute Gasteiger partial charge is 0.229 e. The summed E-state index contributed by atoms with van der Waals surface area (Å²) in [5, 5.41) is 8.13. The number of methoxy groups -OCH3 is 2. The zero-order chi connectivity index (χ0) is 20.4. The van der Waals surface area contributed by atoms with Crippen LogP contribution in [0.25, 0.3) is 15.3 Å². The van der Waals surface area contributed by atoms with Crippen molar-refractivity contribution in [2.75, 3.05) is 19.5 Å². The number of hydrogen-bond donors (Lipinski definition) is 1. The number of hydrogen-bond acceptors (Lipinski definition) is 6. The van der Waals surface area contributed by atoms with Crippen LogP contribution in [0, 0.1) is 6.92 Å². The van der Waals surface area contributed by atoms with Gasteiger partial charge in [-0.25, -0.2) is 4.98 Å². The second-order valence-corrected chi connectivity index (χ2v) is 7.50. The van der Waals surface area contributed by atoms with Gasteiger partial charge in [-0.05, 0) is 42.8 Å². The highest BCUT2D eigenvalue weighted by atomic mass is 32.1. The fourth-order valence-electron chi connectivity index (χ4n) is 3.00. The molecule has 0 saturated carbocycles. The number of nitrogens with one attached hydrogen (secondary N) is 1. The summed E-state index contributed by atoms with van der Waals surface area (Å²) >= 11 is 1.48. The van der Waals surface area contributed by atoms with Crippen molar-refractivity contribution in [2.24, 2.45) is 0 Å². The number of amides is 1. The fourth-order valence-corrected chi connectivity index (χ4v) is 3.96. The van der Waals surface area contributed by atoms with Gasteiger partial charge in [-0.1, -0.05) is 23.5 Å². The first-order chi connectivity index (χ1) is 14.1. The van der Waals surface area contributed by atoms with Gasteiger partial charge in [0.2, 0.25) is 11.0 Å². The Morgan fingerprint density at radius 3 is 2.69 bits per heavy atom. The molecule has 1 amide bonds. The highest BCUT2D eigenvalue weighted by molar-refractivity contribution is 7.20. The van der Waals surface area contributed by atoms with E-state index in [-0.39, 0.29) is 12.3 Å². The minimum Gasteiger partial charge on any atom is -0.497 e. The van der Waals surface area contributed by atoms with Gasteiger partial charge in [0, 0.05) is 6.07 Å². The minimum absolute atomic E-state index is 0.137. The standard InChI is InChI=1S/C21H20N4O3S/c1-13-9-19(23-20(26)11-14-5-4-6-15(10-14)27-2)25(24-13)21-22-17-8-7-16(28-3)12-18(17)29-21/h4-10,12H,11H2,1-3H3,(H,23,26). The third kappa shape index (κ3) is 4.07. The molecule has 0 saturated heterocycles. The van der Waals surface area contributed by atoms with E-state index in [1.807, 2.05) is 55.5 Å². The average Bonchev–Trinajstić information content (AvgIpc) is 3.30. The van der Waals surface area contributed by atoms with Crippen LogP contribution in [0.2, 0.25) is 0 Å². The molecular weight excluding hydrogens is 388 g/mol. The third-order valence-electron chi connectivity index (χ3n) is 4.36. The predicted octanol–water partition coefficient (Wildman–Crippen LogP) is 3.99. The number of fused-ring (bicyclic) bond motifs is 1. The van der Waals surface area contributed by atoms with Gasteiger partial charge in [-0.15, -0.1) is 0 Å². The van der Waals surface area contributed by atoms with Crippen LogP contribution in [0.5, 0.6) is 11.5 Å². The second-order valence-electron chi connectivity index (χ2n) is 6.49. The van der Waals surface area contributed by atoms with E-state index < -0.39 is 0 Å². The van der Waals surface area contributed by atoms with E-state index >= 15 is 0 Å². The average molecular weight is 408 g/mol. The first-order valence-corrected chi connectivity index (χ1v) is 9.82. The number of anilines is 1. The summed E-state index contributed by atoms with van der Waals surface area (Å²) in [4.78, 5) is 17.2. The Balaban J connectivity index is 1.59. The van der Waals surface area contributed by atoms with E-state index in [2.05, 4.69) is 15.4 Å². The highest BCUT2D eigenvalue weighted by Gasteiger charge is 2.15. The normalized spacial score (nSPS) is 10.9. The second kappa shape index (κ2) is 7.92. The van der Waals surface area contributed by atoms with Crippen molar-refractivity contribution >= 4 is 33.3 Å². The van der Waals surface area contributed by atoms with Gasteiger partial charge < -0.3 is 14.8 Å². The molecule has 0 fully saturated rings. The Labute approximate surface area is 171 Å². The van der Waals surface area contributed by atoms with Crippen LogP contribution in [-0.2, 0) is 11.2 Å². The lowest BCUT2D eigenvalue weighted by Crippen LogP contribution is -2.17. The third-order valence-corrected chi connectivity index (χ3v) is 5.36. The molecule has 0 aliphatic rings. The van der Waals surface area contributed by atoms with Crippen LogP contribution in [0.1, 0.15) is 11.3 Å². The number of carbonyl (C=O) groups is 1. The molecule has 0 aliphatic carbocycles. The molecule has 0 radical (unpaired) electrons. The van der Waals surface area contributed by atoms with E-state index in [9.17, 15) is 4.79 Å². The number of aromatic nitrogens is 3. The lowest BCUT2D eigenvalue weighted by Gasteiger charge is -2.07. The van der Waals surface area contributed by atoms with Gasteiger partial charge in [0.05, 0.1) is 36.6 Å². The Hall–Kier alpha value is -3.39. The number of thiazole rings is 1. The zero-order valence-corrected chi connectivity index (χ0v) is 17.1. The van der Waals surface area contributed by atoms with Crippen molar-refractivity contribution in [3.05, 3.63) is 59.8 Å². The maximum Gasteiger partial charge on any atom is 0.229 e. The number of aryl methyl sites for hydroxylation is 1. The zero-order valence-electron chi connectivity index (χ0n) is 16.3. The molecule has 0 aliphatic heterocycles. The van der Waals surface area contributed by atoms with Crippen LogP contribution in [0.3, 0.4) is 0 Å². The molecular formula is C21H20N4O3S. The van der Waals surface area contributed by atoms with Gasteiger partial charge in [-0.2, -0.15) is 9.78 Å². The molecule has 0 unspecified atom stereocenters. The summed E-state index contributed by atoms with van der Waals surface area (Å²) in [6, 6.07) is 15.0. The number of rotatable bonds is 6. The summed E-state index contributed by atoms with van der Waals surface area (Å²) in [5.41, 5.74) is 2.52. The number of benzene rings is 2. The van der Waals surface area contributed by atoms with E-state index in [1.54, 1.807) is 18.9 Å². The van der Waals surface area contributed by atoms with Gasteiger partial charge in [0.1, 0.15) is 17.3 Å². The molecule has 2 aromatic heterocycles. The Kier molecular flexibility index (Phi) is 5.18. The SMILES string of the molecule is COc1cccc(CC(=O)Nc2cc(C)nn2-c2nc3ccc(OC)cc3s2)c1. The minimum atomic E-state index is -0.137. The summed E-state index contributed by atoms with van der Waals surface area (Å²) < 4.78 is 13.1. The molecule has 2 heterocycles. The van der Waals surface area contributed by atoms with Gasteiger partial charge >= 0.3 is 0 Å². The predicted molar refractivity (Wildman–Crippen MR) is 113 cm³/mol. The van der Waals surface area contributed by atoms with Crippen LogP contribution in [0.4, 0.5) is 5.82 Å².